The van der Waals surface area contributed by atoms with Crippen LogP contribution in [0.4, 0.5) is 0 Å². The monoisotopic (exact) mass is 179 g/mol. The average Bonchev–Trinajstić information content (AvgIpc) is 2.78. The van der Waals surface area contributed by atoms with Gasteiger partial charge in [-0.15, -0.1) is 0 Å². The Kier molecular flexibility index (Phi) is 1.09. The molecule has 2 aliphatic carbocycles. The molecule has 2 heteroatoms. The van der Waals surface area contributed by atoms with E-state index in [-0.39, 0.29) is 5.72 Å². The van der Waals surface area contributed by atoms with Gasteiger partial charge in [0.25, 0.3) is 0 Å². The first-order valence-corrected chi connectivity index (χ1v) is 5.74. The van der Waals surface area contributed by atoms with Gasteiger partial charge in [0.05, 0.1) is 0 Å². The lowest BCUT2D eigenvalue weighted by Gasteiger charge is -2.39. The topological polar surface area (TPSA) is 15.5 Å². The van der Waals surface area contributed by atoms with Gasteiger partial charge < -0.3 is 0 Å². The van der Waals surface area contributed by atoms with Crippen LogP contribution >= 0.6 is 0 Å². The minimum absolute atomic E-state index is 0.175. The van der Waals surface area contributed by atoms with Crippen LogP contribution in [-0.4, -0.2) is 16.8 Å². The van der Waals surface area contributed by atoms with Crippen LogP contribution in [0.25, 0.3) is 0 Å². The summed E-state index contributed by atoms with van der Waals surface area (Å²) in [6.45, 7) is 2.31. The standard InChI is InChI=1S/C11H17NO/c1-11-9-3-7-2-8(4-9)6-10(5-7)12(11)13-11/h7-10H,2-6H2,1H3. The van der Waals surface area contributed by atoms with Crippen molar-refractivity contribution in [2.75, 3.05) is 0 Å². The second-order valence-corrected chi connectivity index (χ2v) is 5.73. The highest BCUT2D eigenvalue weighted by Crippen LogP contribution is 2.60. The van der Waals surface area contributed by atoms with Crippen molar-refractivity contribution >= 4 is 0 Å². The van der Waals surface area contributed by atoms with E-state index in [1.807, 2.05) is 0 Å². The number of hydrogen-bond donors (Lipinski definition) is 0. The van der Waals surface area contributed by atoms with Gasteiger partial charge in [0.1, 0.15) is 0 Å². The van der Waals surface area contributed by atoms with Crippen molar-refractivity contribution in [2.24, 2.45) is 17.8 Å². The van der Waals surface area contributed by atoms with Crippen molar-refractivity contribution in [1.29, 1.82) is 0 Å². The highest BCUT2D eigenvalue weighted by molar-refractivity contribution is 5.05. The predicted molar refractivity (Wildman–Crippen MR) is 48.7 cm³/mol. The molecule has 4 unspecified atom stereocenters. The lowest BCUT2D eigenvalue weighted by Crippen LogP contribution is -2.33. The summed E-state index contributed by atoms with van der Waals surface area (Å²) < 4.78 is 0. The lowest BCUT2D eigenvalue weighted by atomic mass is 9.67. The predicted octanol–water partition coefficient (Wildman–Crippen LogP) is 2.16. The summed E-state index contributed by atoms with van der Waals surface area (Å²) in [5.74, 6) is 2.93. The van der Waals surface area contributed by atoms with E-state index in [0.717, 1.165) is 23.8 Å². The maximum Gasteiger partial charge on any atom is 0.165 e. The van der Waals surface area contributed by atoms with Gasteiger partial charge in [0, 0.05) is 12.0 Å². The van der Waals surface area contributed by atoms with Crippen LogP contribution in [0, 0.1) is 17.8 Å². The van der Waals surface area contributed by atoms with Crippen molar-refractivity contribution in [3.8, 4) is 0 Å². The molecule has 0 radical (unpaired) electrons. The maximum absolute atomic E-state index is 5.81. The van der Waals surface area contributed by atoms with Crippen molar-refractivity contribution in [3.05, 3.63) is 0 Å². The van der Waals surface area contributed by atoms with E-state index in [4.69, 9.17) is 4.84 Å². The van der Waals surface area contributed by atoms with Gasteiger partial charge in [-0.25, -0.2) is 0 Å². The van der Waals surface area contributed by atoms with Crippen molar-refractivity contribution in [3.63, 3.8) is 0 Å². The third-order valence-electron chi connectivity index (χ3n) is 4.89. The van der Waals surface area contributed by atoms with E-state index in [0.29, 0.717) is 0 Å². The quantitative estimate of drug-likeness (QED) is 0.529. The summed E-state index contributed by atoms with van der Waals surface area (Å²) in [6, 6.07) is 0.779. The van der Waals surface area contributed by atoms with E-state index in [1.54, 1.807) is 0 Å². The number of nitrogens with zero attached hydrogens (tertiary/aromatic N) is 1. The minimum atomic E-state index is 0.175. The molecular formula is C11H17NO. The first-order chi connectivity index (χ1) is 6.25. The largest absolute Gasteiger partial charge is 0.271 e. The summed E-state index contributed by atoms with van der Waals surface area (Å²) in [7, 11) is 0. The van der Waals surface area contributed by atoms with Gasteiger partial charge in [0.15, 0.2) is 5.72 Å². The highest BCUT2D eigenvalue weighted by atomic mass is 16.9. The fourth-order valence-corrected chi connectivity index (χ4v) is 4.31. The Morgan fingerprint density at radius 2 is 1.77 bits per heavy atom. The molecule has 3 saturated heterocycles. The normalized spacial score (nSPS) is 67.6. The van der Waals surface area contributed by atoms with Gasteiger partial charge in [-0.3, -0.25) is 4.84 Å². The molecule has 3 aliphatic heterocycles. The second-order valence-electron chi connectivity index (χ2n) is 5.73. The fraction of sp³-hybridized carbons (Fsp3) is 1.00. The fourth-order valence-electron chi connectivity index (χ4n) is 4.31. The third-order valence-corrected chi connectivity index (χ3v) is 4.89. The highest BCUT2D eigenvalue weighted by Gasteiger charge is 2.65. The molecule has 0 aromatic heterocycles. The summed E-state index contributed by atoms with van der Waals surface area (Å²) in [5, 5.41) is 2.33. The smallest absolute Gasteiger partial charge is 0.165 e. The van der Waals surface area contributed by atoms with Crippen molar-refractivity contribution in [1.82, 2.24) is 5.06 Å². The molecule has 5 rings (SSSR count). The van der Waals surface area contributed by atoms with Crippen LogP contribution in [0.1, 0.15) is 39.0 Å². The Morgan fingerprint density at radius 1 is 1.08 bits per heavy atom. The SMILES string of the molecule is CC12ON1C1CC3CC(C1)CC2C3. The Labute approximate surface area is 79.2 Å². The zero-order valence-corrected chi connectivity index (χ0v) is 8.20. The third kappa shape index (κ3) is 0.774. The van der Waals surface area contributed by atoms with Crippen LogP contribution in [0.5, 0.6) is 0 Å². The van der Waals surface area contributed by atoms with Crippen LogP contribution < -0.4 is 0 Å². The van der Waals surface area contributed by atoms with E-state index in [2.05, 4.69) is 12.0 Å². The Bertz CT molecular complexity index is 253. The molecule has 0 aromatic rings. The first kappa shape index (κ1) is 7.24. The molecule has 72 valence electrons. The molecule has 5 aliphatic rings. The molecule has 2 nitrogen and oxygen atoms in total. The molecule has 13 heavy (non-hydrogen) atoms. The van der Waals surface area contributed by atoms with E-state index < -0.39 is 0 Å². The molecule has 0 amide bonds. The summed E-state index contributed by atoms with van der Waals surface area (Å²) in [5.41, 5.74) is 0.175. The Hall–Kier alpha value is -0.0800. The zero-order valence-electron chi connectivity index (χ0n) is 8.20. The molecule has 0 aromatic carbocycles. The molecule has 4 bridgehead atoms. The number of hydroxylamine groups is 2. The summed E-state index contributed by atoms with van der Waals surface area (Å²) in [4.78, 5) is 5.81. The van der Waals surface area contributed by atoms with E-state index >= 15 is 0 Å². The number of rotatable bonds is 0. The van der Waals surface area contributed by atoms with E-state index in [9.17, 15) is 0 Å². The van der Waals surface area contributed by atoms with Gasteiger partial charge in [-0.05, 0) is 50.9 Å². The van der Waals surface area contributed by atoms with Gasteiger partial charge in [-0.2, -0.15) is 5.06 Å². The van der Waals surface area contributed by atoms with Crippen molar-refractivity contribution in [2.45, 2.75) is 50.8 Å². The second kappa shape index (κ2) is 1.96. The van der Waals surface area contributed by atoms with Crippen LogP contribution in [0.3, 0.4) is 0 Å². The van der Waals surface area contributed by atoms with Crippen LogP contribution in [0.2, 0.25) is 0 Å². The van der Waals surface area contributed by atoms with Gasteiger partial charge in [-0.1, -0.05) is 0 Å². The Balaban J connectivity index is 1.80. The van der Waals surface area contributed by atoms with Gasteiger partial charge in [0.2, 0.25) is 0 Å². The van der Waals surface area contributed by atoms with E-state index in [1.165, 1.54) is 32.1 Å². The Morgan fingerprint density at radius 3 is 2.46 bits per heavy atom. The van der Waals surface area contributed by atoms with Crippen LogP contribution in [-0.2, 0) is 4.84 Å². The lowest BCUT2D eigenvalue weighted by molar-refractivity contribution is 0.0306. The van der Waals surface area contributed by atoms with Crippen LogP contribution in [0.15, 0.2) is 0 Å². The number of hydrogen-bond acceptors (Lipinski definition) is 2. The molecule has 4 atom stereocenters. The molecule has 3 heterocycles. The molecule has 0 spiro atoms. The average molecular weight is 179 g/mol. The summed E-state index contributed by atoms with van der Waals surface area (Å²) in [6.07, 6.45) is 7.25. The van der Waals surface area contributed by atoms with Crippen molar-refractivity contribution < 1.29 is 4.84 Å². The zero-order chi connectivity index (χ0) is 8.63. The molecule has 5 fully saturated rings. The molecular weight excluding hydrogens is 162 g/mol. The summed E-state index contributed by atoms with van der Waals surface area (Å²) >= 11 is 0. The minimum Gasteiger partial charge on any atom is -0.271 e. The van der Waals surface area contributed by atoms with Gasteiger partial charge >= 0.3 is 0 Å². The maximum atomic E-state index is 5.81. The molecule has 0 N–H and O–H groups in total. The molecule has 2 saturated carbocycles. The first-order valence-electron chi connectivity index (χ1n) is 5.74.